The van der Waals surface area contributed by atoms with E-state index in [0.29, 0.717) is 30.8 Å². The van der Waals surface area contributed by atoms with Crippen LogP contribution in [0, 0.1) is 21.4 Å². The molecule has 166 valence electrons. The third-order valence-electron chi connectivity index (χ3n) is 7.23. The number of amides is 1. The summed E-state index contributed by atoms with van der Waals surface area (Å²) in [5.41, 5.74) is -0.246. The van der Waals surface area contributed by atoms with Crippen molar-refractivity contribution in [1.29, 1.82) is 0 Å². The number of fused-ring (bicyclic) bond motifs is 8. The summed E-state index contributed by atoms with van der Waals surface area (Å²) in [5.74, 6) is -2.20. The van der Waals surface area contributed by atoms with Gasteiger partial charge in [0.1, 0.15) is 0 Å². The summed E-state index contributed by atoms with van der Waals surface area (Å²) in [7, 11) is 1.39. The molecule has 0 aliphatic carbocycles. The predicted molar refractivity (Wildman–Crippen MR) is 114 cm³/mol. The van der Waals surface area contributed by atoms with E-state index in [1.807, 2.05) is 11.0 Å². The van der Waals surface area contributed by atoms with Crippen LogP contribution >= 0.6 is 0 Å². The number of nitrogens with zero attached hydrogens (tertiary/aromatic N) is 3. The Kier molecular flexibility index (Phi) is 4.37. The minimum atomic E-state index is -1.86. The lowest BCUT2D eigenvalue weighted by molar-refractivity contribution is -0.384. The highest BCUT2D eigenvalue weighted by atomic mass is 16.6. The highest BCUT2D eigenvalue weighted by molar-refractivity contribution is 6.04. The van der Waals surface area contributed by atoms with Crippen molar-refractivity contribution in [3.05, 3.63) is 68.1 Å². The molecule has 2 aromatic rings. The van der Waals surface area contributed by atoms with Crippen molar-refractivity contribution in [3.63, 3.8) is 0 Å². The van der Waals surface area contributed by atoms with E-state index >= 15 is 0 Å². The highest BCUT2D eigenvalue weighted by Crippen LogP contribution is 2.53. The first-order valence-electron chi connectivity index (χ1n) is 10.5. The van der Waals surface area contributed by atoms with Gasteiger partial charge in [-0.2, -0.15) is 0 Å². The van der Waals surface area contributed by atoms with E-state index in [4.69, 9.17) is 0 Å². The van der Waals surface area contributed by atoms with Crippen LogP contribution in [0.1, 0.15) is 23.6 Å². The van der Waals surface area contributed by atoms with Gasteiger partial charge in [0.25, 0.3) is 11.2 Å². The quantitative estimate of drug-likeness (QED) is 0.417. The largest absolute Gasteiger partial charge is 0.480 e. The number of non-ortho nitro benzene ring substituents is 1. The van der Waals surface area contributed by atoms with Crippen LogP contribution in [0.15, 0.2) is 41.2 Å². The number of carboxylic acids is 1. The fourth-order valence-electron chi connectivity index (χ4n) is 6.01. The van der Waals surface area contributed by atoms with Gasteiger partial charge in [-0.3, -0.25) is 24.5 Å². The van der Waals surface area contributed by atoms with Gasteiger partial charge in [0.15, 0.2) is 5.41 Å². The monoisotopic (exact) mass is 438 g/mol. The van der Waals surface area contributed by atoms with Gasteiger partial charge in [0.2, 0.25) is 5.91 Å². The lowest BCUT2D eigenvalue weighted by atomic mass is 9.61. The molecular formula is C22H22N4O6. The summed E-state index contributed by atoms with van der Waals surface area (Å²) in [6.45, 7) is 0.968. The van der Waals surface area contributed by atoms with Crippen LogP contribution in [0.25, 0.3) is 0 Å². The van der Waals surface area contributed by atoms with Gasteiger partial charge in [0.05, 0.1) is 11.0 Å². The van der Waals surface area contributed by atoms with Crippen molar-refractivity contribution in [1.82, 2.24) is 9.88 Å². The molecule has 2 bridgehead atoms. The number of carbonyl (C=O) groups is 2. The van der Waals surface area contributed by atoms with Crippen LogP contribution in [-0.2, 0) is 22.6 Å². The van der Waals surface area contributed by atoms with E-state index in [2.05, 4.69) is 5.32 Å². The SMILES string of the molecule is CNC(=O)[C@]1(C(=O)O)Cc2cc([N+](=O)[O-])ccc2N2C[C@H]3C[C@H](c4cccc(=O)n4C3)[C@@H]21. The normalized spacial score (nSPS) is 27.5. The Morgan fingerprint density at radius 1 is 1.25 bits per heavy atom. The number of piperidine rings is 1. The Bertz CT molecular complexity index is 1220. The molecule has 2 N–H and O–H groups in total. The standard InChI is InChI=1S/C22H22N4O6/c1-23-20(28)22(21(29)30)9-13-8-14(26(31)32)5-6-16(13)25-11-12-7-15(19(22)25)17-3-2-4-18(27)24(17)10-12/h2-6,8,12,15,19H,7,9-11H2,1H3,(H,23,28)(H,29,30)/t12-,15+,19+,22-/m0/s1. The molecular weight excluding hydrogens is 416 g/mol. The Balaban J connectivity index is 1.77. The maximum absolute atomic E-state index is 13.2. The summed E-state index contributed by atoms with van der Waals surface area (Å²) in [6, 6.07) is 8.67. The molecule has 3 aliphatic heterocycles. The summed E-state index contributed by atoms with van der Waals surface area (Å²) < 4.78 is 1.69. The number of carbonyl (C=O) groups excluding carboxylic acids is 1. The average Bonchev–Trinajstić information content (AvgIpc) is 2.77. The van der Waals surface area contributed by atoms with E-state index in [9.17, 15) is 29.6 Å². The number of hydrogen-bond donors (Lipinski definition) is 2. The number of benzene rings is 1. The topological polar surface area (TPSA) is 135 Å². The fraction of sp³-hybridized carbons (Fsp3) is 0.409. The predicted octanol–water partition coefficient (Wildman–Crippen LogP) is 1.12. The lowest BCUT2D eigenvalue weighted by Crippen LogP contribution is -2.68. The third-order valence-corrected chi connectivity index (χ3v) is 7.23. The third kappa shape index (κ3) is 2.61. The van der Waals surface area contributed by atoms with Gasteiger partial charge in [-0.25, -0.2) is 0 Å². The molecule has 4 atom stereocenters. The zero-order chi connectivity index (χ0) is 22.8. The van der Waals surface area contributed by atoms with Crippen LogP contribution in [-0.4, -0.2) is 46.1 Å². The number of rotatable bonds is 3. The van der Waals surface area contributed by atoms with Crippen molar-refractivity contribution in [2.75, 3.05) is 18.5 Å². The van der Waals surface area contributed by atoms with Crippen LogP contribution < -0.4 is 15.8 Å². The molecule has 0 saturated carbocycles. The molecule has 0 spiro atoms. The summed E-state index contributed by atoms with van der Waals surface area (Å²) in [5, 5.41) is 24.3. The molecule has 0 radical (unpaired) electrons. The molecule has 1 fully saturated rings. The lowest BCUT2D eigenvalue weighted by Gasteiger charge is -2.57. The van der Waals surface area contributed by atoms with Gasteiger partial charge in [-0.05, 0) is 30.0 Å². The Morgan fingerprint density at radius 3 is 2.72 bits per heavy atom. The first-order valence-corrected chi connectivity index (χ1v) is 10.5. The molecule has 10 heteroatoms. The number of nitro groups is 1. The average molecular weight is 438 g/mol. The maximum Gasteiger partial charge on any atom is 0.321 e. The number of carboxylic acid groups (broad SMARTS) is 1. The molecule has 32 heavy (non-hydrogen) atoms. The number of anilines is 1. The molecule has 1 aromatic carbocycles. The first kappa shape index (κ1) is 20.2. The fourth-order valence-corrected chi connectivity index (χ4v) is 6.01. The maximum atomic E-state index is 13.2. The van der Waals surface area contributed by atoms with Gasteiger partial charge in [0, 0.05) is 62.1 Å². The zero-order valence-corrected chi connectivity index (χ0v) is 17.4. The molecule has 10 nitrogen and oxygen atoms in total. The molecule has 5 rings (SSSR count). The van der Waals surface area contributed by atoms with Gasteiger partial charge >= 0.3 is 5.97 Å². The second kappa shape index (κ2) is 6.91. The van der Waals surface area contributed by atoms with Crippen LogP contribution in [0.3, 0.4) is 0 Å². The van der Waals surface area contributed by atoms with Crippen LogP contribution in [0.5, 0.6) is 0 Å². The molecule has 3 aliphatic rings. The van der Waals surface area contributed by atoms with E-state index in [-0.39, 0.29) is 29.5 Å². The smallest absolute Gasteiger partial charge is 0.321 e. The van der Waals surface area contributed by atoms with Gasteiger partial charge < -0.3 is 19.9 Å². The number of nitro benzene ring substituents is 1. The van der Waals surface area contributed by atoms with Gasteiger partial charge in [-0.15, -0.1) is 0 Å². The Morgan fingerprint density at radius 2 is 2.03 bits per heavy atom. The van der Waals surface area contributed by atoms with E-state index in [1.165, 1.54) is 25.2 Å². The molecule has 1 amide bonds. The summed E-state index contributed by atoms with van der Waals surface area (Å²) in [4.78, 5) is 51.3. The Labute approximate surface area is 182 Å². The number of hydrogen-bond acceptors (Lipinski definition) is 6. The number of nitrogens with one attached hydrogen (secondary N) is 1. The second-order valence-corrected chi connectivity index (χ2v) is 8.81. The molecule has 4 heterocycles. The van der Waals surface area contributed by atoms with Crippen molar-refractivity contribution in [3.8, 4) is 0 Å². The van der Waals surface area contributed by atoms with Gasteiger partial charge in [-0.1, -0.05) is 6.07 Å². The molecule has 0 unspecified atom stereocenters. The Hall–Kier alpha value is -3.69. The minimum Gasteiger partial charge on any atom is -0.480 e. The first-order chi connectivity index (χ1) is 15.3. The van der Waals surface area contributed by atoms with Crippen molar-refractivity contribution >= 4 is 23.3 Å². The van der Waals surface area contributed by atoms with E-state index in [1.54, 1.807) is 16.7 Å². The second-order valence-electron chi connectivity index (χ2n) is 8.81. The van der Waals surface area contributed by atoms with Crippen molar-refractivity contribution in [2.24, 2.45) is 11.3 Å². The van der Waals surface area contributed by atoms with Crippen molar-refractivity contribution < 1.29 is 19.6 Å². The zero-order valence-electron chi connectivity index (χ0n) is 17.4. The molecule has 1 saturated heterocycles. The highest BCUT2D eigenvalue weighted by Gasteiger charge is 2.62. The summed E-state index contributed by atoms with van der Waals surface area (Å²) in [6.07, 6.45) is 0.497. The van der Waals surface area contributed by atoms with Crippen LogP contribution in [0.4, 0.5) is 11.4 Å². The number of aliphatic carboxylic acids is 1. The molecule has 1 aromatic heterocycles. The van der Waals surface area contributed by atoms with Crippen molar-refractivity contribution in [2.45, 2.75) is 31.3 Å². The van der Waals surface area contributed by atoms with E-state index in [0.717, 1.165) is 5.69 Å². The number of pyridine rings is 1. The number of aromatic nitrogens is 1. The van der Waals surface area contributed by atoms with Crippen LogP contribution in [0.2, 0.25) is 0 Å². The van der Waals surface area contributed by atoms with E-state index < -0.39 is 28.3 Å². The summed E-state index contributed by atoms with van der Waals surface area (Å²) >= 11 is 0. The minimum absolute atomic E-state index is 0.0844.